The van der Waals surface area contributed by atoms with E-state index >= 15 is 0 Å². The van der Waals surface area contributed by atoms with Gasteiger partial charge in [0.15, 0.2) is 11.7 Å². The number of hydrogen-bond acceptors (Lipinski definition) is 5. The minimum Gasteiger partial charge on any atom is -0.382 e. The lowest BCUT2D eigenvalue weighted by molar-refractivity contribution is 0.0844. The van der Waals surface area contributed by atoms with Crippen molar-refractivity contribution in [3.8, 4) is 17.2 Å². The number of nitriles is 1. The largest absolute Gasteiger partial charge is 0.382 e. The molecule has 2 N–H and O–H groups in total. The highest BCUT2D eigenvalue weighted by Crippen LogP contribution is 2.58. The van der Waals surface area contributed by atoms with Gasteiger partial charge >= 0.3 is 0 Å². The molecule has 0 saturated carbocycles. The van der Waals surface area contributed by atoms with Gasteiger partial charge in [-0.05, 0) is 84.3 Å². The second-order valence-electron chi connectivity index (χ2n) is 9.41. The normalized spacial score (nSPS) is 24.4. The number of fused-ring (bicyclic) bond motifs is 2. The molecule has 0 aromatic heterocycles. The van der Waals surface area contributed by atoms with Crippen molar-refractivity contribution in [2.24, 2.45) is 16.1 Å². The summed E-state index contributed by atoms with van der Waals surface area (Å²) in [4.78, 5) is 4.73. The zero-order valence-corrected chi connectivity index (χ0v) is 19.6. The molecule has 0 radical (unpaired) electrons. The van der Waals surface area contributed by atoms with Crippen LogP contribution in [0, 0.1) is 16.7 Å². The van der Waals surface area contributed by atoms with Crippen LogP contribution in [0.4, 0.5) is 4.39 Å². The SMILES string of the molecule is COCc1cc(C#N)cc(-c2ccc3c(c2)C2(C=C(F)C(N)=N2)C(C)(CCC(C)OC)C3)c1. The summed E-state index contributed by atoms with van der Waals surface area (Å²) in [7, 11) is 3.34. The fourth-order valence-electron chi connectivity index (χ4n) is 5.22. The van der Waals surface area contributed by atoms with Crippen LogP contribution in [-0.4, -0.2) is 26.2 Å². The lowest BCUT2D eigenvalue weighted by Crippen LogP contribution is -2.37. The lowest BCUT2D eigenvalue weighted by atomic mass is 9.68. The second-order valence-corrected chi connectivity index (χ2v) is 9.41. The predicted molar refractivity (Wildman–Crippen MR) is 127 cm³/mol. The Morgan fingerprint density at radius 2 is 2.00 bits per heavy atom. The van der Waals surface area contributed by atoms with Gasteiger partial charge in [-0.1, -0.05) is 19.1 Å². The van der Waals surface area contributed by atoms with E-state index in [1.54, 1.807) is 20.3 Å². The highest BCUT2D eigenvalue weighted by atomic mass is 19.1. The molecular formula is C27H30FN3O2. The van der Waals surface area contributed by atoms with Gasteiger partial charge in [0.05, 0.1) is 24.3 Å². The van der Waals surface area contributed by atoms with E-state index in [9.17, 15) is 9.65 Å². The fraction of sp³-hybridized carbons (Fsp3) is 0.407. The molecule has 172 valence electrons. The molecule has 6 heteroatoms. The Labute approximate surface area is 194 Å². The number of amidine groups is 1. The zero-order valence-electron chi connectivity index (χ0n) is 19.6. The van der Waals surface area contributed by atoms with Crippen LogP contribution in [-0.2, 0) is 28.0 Å². The minimum atomic E-state index is -0.859. The molecule has 3 unspecified atom stereocenters. The first-order valence-corrected chi connectivity index (χ1v) is 11.2. The van der Waals surface area contributed by atoms with Crippen molar-refractivity contribution in [2.45, 2.75) is 51.4 Å². The molecule has 2 aromatic carbocycles. The molecule has 0 amide bonds. The monoisotopic (exact) mass is 447 g/mol. The van der Waals surface area contributed by atoms with Crippen LogP contribution in [0.15, 0.2) is 53.3 Å². The smallest absolute Gasteiger partial charge is 0.163 e. The molecule has 5 nitrogen and oxygen atoms in total. The summed E-state index contributed by atoms with van der Waals surface area (Å²) >= 11 is 0. The van der Waals surface area contributed by atoms with Crippen molar-refractivity contribution in [2.75, 3.05) is 14.2 Å². The first-order chi connectivity index (χ1) is 15.7. The van der Waals surface area contributed by atoms with Crippen molar-refractivity contribution in [1.82, 2.24) is 0 Å². The molecule has 0 saturated heterocycles. The van der Waals surface area contributed by atoms with Gasteiger partial charge in [-0.25, -0.2) is 9.38 Å². The van der Waals surface area contributed by atoms with Crippen LogP contribution >= 0.6 is 0 Å². The number of hydrogen-bond donors (Lipinski definition) is 1. The quantitative estimate of drug-likeness (QED) is 0.635. The van der Waals surface area contributed by atoms with Crippen molar-refractivity contribution < 1.29 is 13.9 Å². The third-order valence-corrected chi connectivity index (χ3v) is 7.17. The van der Waals surface area contributed by atoms with E-state index in [2.05, 4.69) is 31.2 Å². The van der Waals surface area contributed by atoms with E-state index in [-0.39, 0.29) is 17.4 Å². The Hall–Kier alpha value is -3.01. The maximum atomic E-state index is 14.7. The van der Waals surface area contributed by atoms with Gasteiger partial charge in [-0.2, -0.15) is 5.26 Å². The second kappa shape index (κ2) is 8.74. The Morgan fingerprint density at radius 3 is 2.64 bits per heavy atom. The van der Waals surface area contributed by atoms with E-state index in [0.29, 0.717) is 12.2 Å². The average molecular weight is 448 g/mol. The van der Waals surface area contributed by atoms with Crippen LogP contribution in [0.5, 0.6) is 0 Å². The number of benzene rings is 2. The molecule has 33 heavy (non-hydrogen) atoms. The van der Waals surface area contributed by atoms with Crippen molar-refractivity contribution in [1.29, 1.82) is 5.26 Å². The van der Waals surface area contributed by atoms with E-state index in [1.165, 1.54) is 0 Å². The minimum absolute atomic E-state index is 0.0480. The van der Waals surface area contributed by atoms with Gasteiger partial charge in [0.1, 0.15) is 5.54 Å². The molecule has 1 spiro atoms. The maximum absolute atomic E-state index is 14.7. The fourth-order valence-corrected chi connectivity index (χ4v) is 5.22. The van der Waals surface area contributed by atoms with Gasteiger partial charge in [-0.3, -0.25) is 0 Å². The number of halogens is 1. The number of aliphatic imine (C=N–C) groups is 1. The molecule has 1 aliphatic heterocycles. The summed E-state index contributed by atoms with van der Waals surface area (Å²) in [6, 6.07) is 14.2. The van der Waals surface area contributed by atoms with Crippen LogP contribution in [0.2, 0.25) is 0 Å². The van der Waals surface area contributed by atoms with Crippen LogP contribution in [0.1, 0.15) is 48.9 Å². The Balaban J connectivity index is 1.83. The standard InChI is InChI=1S/C27H30FN3O2/c1-17(33-4)7-8-26(2)13-21-6-5-20(12-23(21)27(26)14-24(28)25(30)31-27)22-10-18(15-29)9-19(11-22)16-32-3/h5-6,9-12,14,17H,7-8,13,16H2,1-4H3,(H2,30,31). The van der Waals surface area contributed by atoms with Gasteiger partial charge in [0.25, 0.3) is 0 Å². The van der Waals surface area contributed by atoms with Crippen molar-refractivity contribution >= 4 is 5.84 Å². The summed E-state index contributed by atoms with van der Waals surface area (Å²) in [5.41, 5.74) is 10.2. The Bertz CT molecular complexity index is 1160. The van der Waals surface area contributed by atoms with Gasteiger partial charge in [0, 0.05) is 19.6 Å². The van der Waals surface area contributed by atoms with E-state index in [0.717, 1.165) is 47.1 Å². The van der Waals surface area contributed by atoms with Crippen LogP contribution in [0.3, 0.4) is 0 Å². The molecule has 4 rings (SSSR count). The van der Waals surface area contributed by atoms with Crippen molar-refractivity contribution in [3.63, 3.8) is 0 Å². The maximum Gasteiger partial charge on any atom is 0.163 e. The molecule has 2 aromatic rings. The Kier molecular flexibility index (Phi) is 6.13. The summed E-state index contributed by atoms with van der Waals surface area (Å²) in [5.74, 6) is -0.513. The Morgan fingerprint density at radius 1 is 1.21 bits per heavy atom. The summed E-state index contributed by atoms with van der Waals surface area (Å²) in [6.07, 6.45) is 4.12. The number of methoxy groups -OCH3 is 2. The van der Waals surface area contributed by atoms with Gasteiger partial charge in [0.2, 0.25) is 0 Å². The topological polar surface area (TPSA) is 80.6 Å². The predicted octanol–water partition coefficient (Wildman–Crippen LogP) is 5.17. The number of rotatable bonds is 7. The summed E-state index contributed by atoms with van der Waals surface area (Å²) in [6.45, 7) is 4.62. The molecule has 1 aliphatic carbocycles. The van der Waals surface area contributed by atoms with E-state index in [1.807, 2.05) is 25.1 Å². The number of ether oxygens (including phenoxy) is 2. The highest BCUT2D eigenvalue weighted by molar-refractivity contribution is 5.98. The molecule has 0 fully saturated rings. The van der Waals surface area contributed by atoms with E-state index in [4.69, 9.17) is 20.2 Å². The summed E-state index contributed by atoms with van der Waals surface area (Å²) in [5, 5.41) is 9.49. The van der Waals surface area contributed by atoms with Gasteiger partial charge < -0.3 is 15.2 Å². The van der Waals surface area contributed by atoms with Crippen molar-refractivity contribution in [3.05, 3.63) is 70.6 Å². The third-order valence-electron chi connectivity index (χ3n) is 7.17. The summed E-state index contributed by atoms with van der Waals surface area (Å²) < 4.78 is 25.4. The molecule has 1 heterocycles. The molecule has 0 bridgehead atoms. The van der Waals surface area contributed by atoms with Crippen LogP contribution in [0.25, 0.3) is 11.1 Å². The highest BCUT2D eigenvalue weighted by Gasteiger charge is 2.56. The van der Waals surface area contributed by atoms with Gasteiger partial charge in [-0.15, -0.1) is 0 Å². The number of nitrogens with zero attached hydrogens (tertiary/aromatic N) is 2. The molecule has 2 aliphatic rings. The first kappa shape index (κ1) is 23.2. The van der Waals surface area contributed by atoms with Crippen LogP contribution < -0.4 is 5.73 Å². The first-order valence-electron chi connectivity index (χ1n) is 11.2. The zero-order chi connectivity index (χ0) is 23.8. The third kappa shape index (κ3) is 3.96. The number of nitrogens with two attached hydrogens (primary N) is 1. The molecular weight excluding hydrogens is 417 g/mol. The molecule has 3 atom stereocenters. The lowest BCUT2D eigenvalue weighted by Gasteiger charge is -2.38. The van der Waals surface area contributed by atoms with E-state index < -0.39 is 11.4 Å². The average Bonchev–Trinajstić information content (AvgIpc) is 3.24.